The topological polar surface area (TPSA) is 55.3 Å². The Kier molecular flexibility index (Phi) is 1.67. The molecule has 3 heterocycles. The molecule has 0 unspecified atom stereocenters. The van der Waals surface area contributed by atoms with Crippen molar-refractivity contribution in [2.75, 3.05) is 26.2 Å². The lowest BCUT2D eigenvalue weighted by Crippen LogP contribution is -2.67. The molecule has 0 aromatic rings. The van der Waals surface area contributed by atoms with Crippen LogP contribution in [-0.2, 0) is 0 Å². The smallest absolute Gasteiger partial charge is 0.0437 e. The Balaban J connectivity index is 2.13. The van der Waals surface area contributed by atoms with Gasteiger partial charge in [0.2, 0.25) is 0 Å². The van der Waals surface area contributed by atoms with Crippen molar-refractivity contribution in [3.8, 4) is 0 Å². The van der Waals surface area contributed by atoms with Crippen molar-refractivity contribution >= 4 is 0 Å². The van der Waals surface area contributed by atoms with Crippen molar-refractivity contribution < 1.29 is 0 Å². The van der Waals surface area contributed by atoms with Crippen LogP contribution in [0.15, 0.2) is 0 Å². The molecule has 0 amide bonds. The summed E-state index contributed by atoms with van der Waals surface area (Å²) in [5, 5.41) is 0. The highest BCUT2D eigenvalue weighted by Gasteiger charge is 2.42. The highest BCUT2D eigenvalue weighted by Crippen LogP contribution is 2.32. The molecule has 1 atom stereocenters. The lowest BCUT2D eigenvalue weighted by atomic mass is 9.73. The second-order valence-electron chi connectivity index (χ2n) is 3.99. The van der Waals surface area contributed by atoms with E-state index in [2.05, 4.69) is 4.90 Å². The predicted octanol–water partition coefficient (Wildman–Crippen LogP) is -0.632. The van der Waals surface area contributed by atoms with Gasteiger partial charge in [0.05, 0.1) is 0 Å². The molecule has 0 aromatic carbocycles. The van der Waals surface area contributed by atoms with Crippen LogP contribution >= 0.6 is 0 Å². The summed E-state index contributed by atoms with van der Waals surface area (Å²) < 4.78 is 0. The number of rotatable bonds is 1. The van der Waals surface area contributed by atoms with Crippen molar-refractivity contribution in [2.45, 2.75) is 18.4 Å². The molecule has 11 heavy (non-hydrogen) atoms. The summed E-state index contributed by atoms with van der Waals surface area (Å²) in [7, 11) is 0. The third-order valence-corrected chi connectivity index (χ3v) is 3.30. The first-order valence-electron chi connectivity index (χ1n) is 4.46. The molecule has 0 aromatic heterocycles. The van der Waals surface area contributed by atoms with Crippen LogP contribution in [0.2, 0.25) is 0 Å². The summed E-state index contributed by atoms with van der Waals surface area (Å²) in [5.41, 5.74) is 11.8. The van der Waals surface area contributed by atoms with Gasteiger partial charge in [0.1, 0.15) is 0 Å². The van der Waals surface area contributed by atoms with Crippen LogP contribution < -0.4 is 11.5 Å². The minimum Gasteiger partial charge on any atom is -0.329 e. The van der Waals surface area contributed by atoms with E-state index in [0.717, 1.165) is 6.54 Å². The molecule has 3 heteroatoms. The van der Waals surface area contributed by atoms with E-state index in [1.165, 1.54) is 25.9 Å². The molecule has 3 saturated heterocycles. The fourth-order valence-electron chi connectivity index (χ4n) is 2.44. The highest BCUT2D eigenvalue weighted by molar-refractivity contribution is 5.02. The lowest BCUT2D eigenvalue weighted by molar-refractivity contribution is 0.0335. The minimum absolute atomic E-state index is 0.0590. The normalized spacial score (nSPS) is 49.6. The number of fused-ring (bicyclic) bond motifs is 3. The number of hydrogen-bond donors (Lipinski definition) is 2. The summed E-state index contributed by atoms with van der Waals surface area (Å²) in [6, 6.07) is 0. The van der Waals surface area contributed by atoms with Crippen LogP contribution in [0.3, 0.4) is 0 Å². The van der Waals surface area contributed by atoms with E-state index in [1.54, 1.807) is 0 Å². The third kappa shape index (κ3) is 1.08. The zero-order chi connectivity index (χ0) is 7.90. The zero-order valence-corrected chi connectivity index (χ0v) is 6.92. The molecule has 64 valence electrons. The average molecular weight is 155 g/mol. The standard InChI is InChI=1S/C8H17N3/c9-5-8(10)6-11-3-1-7(8)2-4-11/h7H,1-6,9-10H2/t8-/m0/s1. The molecular formula is C8H17N3. The maximum atomic E-state index is 6.18. The van der Waals surface area contributed by atoms with Crippen molar-refractivity contribution in [1.29, 1.82) is 0 Å². The van der Waals surface area contributed by atoms with Crippen LogP contribution in [0.4, 0.5) is 0 Å². The first kappa shape index (κ1) is 7.53. The van der Waals surface area contributed by atoms with Gasteiger partial charge in [0.25, 0.3) is 0 Å². The maximum Gasteiger partial charge on any atom is 0.0437 e. The van der Waals surface area contributed by atoms with Crippen LogP contribution in [0.25, 0.3) is 0 Å². The molecule has 3 aliphatic rings. The Morgan fingerprint density at radius 2 is 2.00 bits per heavy atom. The van der Waals surface area contributed by atoms with E-state index in [4.69, 9.17) is 11.5 Å². The Labute approximate surface area is 67.7 Å². The highest BCUT2D eigenvalue weighted by atomic mass is 15.2. The molecule has 4 N–H and O–H groups in total. The predicted molar refractivity (Wildman–Crippen MR) is 45.1 cm³/mol. The van der Waals surface area contributed by atoms with E-state index in [0.29, 0.717) is 12.5 Å². The van der Waals surface area contributed by atoms with Crippen LogP contribution in [-0.4, -0.2) is 36.6 Å². The van der Waals surface area contributed by atoms with Crippen LogP contribution in [0, 0.1) is 5.92 Å². The van der Waals surface area contributed by atoms with Gasteiger partial charge in [-0.2, -0.15) is 0 Å². The monoisotopic (exact) mass is 155 g/mol. The number of nitrogens with zero attached hydrogens (tertiary/aromatic N) is 1. The molecule has 2 bridgehead atoms. The van der Waals surface area contributed by atoms with E-state index in [-0.39, 0.29) is 5.54 Å². The van der Waals surface area contributed by atoms with Gasteiger partial charge in [-0.05, 0) is 31.8 Å². The second-order valence-corrected chi connectivity index (χ2v) is 3.99. The van der Waals surface area contributed by atoms with E-state index < -0.39 is 0 Å². The van der Waals surface area contributed by atoms with E-state index in [9.17, 15) is 0 Å². The van der Waals surface area contributed by atoms with Crippen molar-refractivity contribution in [2.24, 2.45) is 17.4 Å². The first-order chi connectivity index (χ1) is 5.24. The Morgan fingerprint density at radius 3 is 2.27 bits per heavy atom. The van der Waals surface area contributed by atoms with Gasteiger partial charge in [-0.3, -0.25) is 0 Å². The van der Waals surface area contributed by atoms with Gasteiger partial charge < -0.3 is 16.4 Å². The van der Waals surface area contributed by atoms with Gasteiger partial charge >= 0.3 is 0 Å². The molecule has 3 nitrogen and oxygen atoms in total. The van der Waals surface area contributed by atoms with E-state index >= 15 is 0 Å². The van der Waals surface area contributed by atoms with Gasteiger partial charge in [0.15, 0.2) is 0 Å². The molecular weight excluding hydrogens is 138 g/mol. The largest absolute Gasteiger partial charge is 0.329 e. The van der Waals surface area contributed by atoms with Crippen molar-refractivity contribution in [1.82, 2.24) is 4.90 Å². The quantitative estimate of drug-likeness (QED) is 0.530. The molecule has 3 fully saturated rings. The number of nitrogens with two attached hydrogens (primary N) is 2. The SMILES string of the molecule is NC[C@]1(N)CN2CCC1CC2. The molecule has 0 radical (unpaired) electrons. The van der Waals surface area contributed by atoms with Crippen LogP contribution in [0.5, 0.6) is 0 Å². The summed E-state index contributed by atoms with van der Waals surface area (Å²) in [6.45, 7) is 4.15. The molecule has 0 spiro atoms. The Bertz CT molecular complexity index is 151. The number of piperidine rings is 3. The minimum atomic E-state index is -0.0590. The number of hydrogen-bond acceptors (Lipinski definition) is 3. The van der Waals surface area contributed by atoms with Gasteiger partial charge in [0, 0.05) is 18.6 Å². The van der Waals surface area contributed by atoms with Gasteiger partial charge in [-0.25, -0.2) is 0 Å². The first-order valence-corrected chi connectivity index (χ1v) is 4.46. The van der Waals surface area contributed by atoms with Crippen molar-refractivity contribution in [3.63, 3.8) is 0 Å². The Hall–Kier alpha value is -0.120. The molecule has 3 aliphatic heterocycles. The molecule has 0 aliphatic carbocycles. The van der Waals surface area contributed by atoms with Gasteiger partial charge in [-0.1, -0.05) is 0 Å². The third-order valence-electron chi connectivity index (χ3n) is 3.30. The zero-order valence-electron chi connectivity index (χ0n) is 6.92. The summed E-state index contributed by atoms with van der Waals surface area (Å²) >= 11 is 0. The van der Waals surface area contributed by atoms with E-state index in [1.807, 2.05) is 0 Å². The Morgan fingerprint density at radius 1 is 1.36 bits per heavy atom. The lowest BCUT2D eigenvalue weighted by Gasteiger charge is -2.51. The molecule has 0 saturated carbocycles. The van der Waals surface area contributed by atoms with Crippen molar-refractivity contribution in [3.05, 3.63) is 0 Å². The average Bonchev–Trinajstić information content (AvgIpc) is 2.06. The van der Waals surface area contributed by atoms with Gasteiger partial charge in [-0.15, -0.1) is 0 Å². The second kappa shape index (κ2) is 2.44. The fraction of sp³-hybridized carbons (Fsp3) is 1.00. The summed E-state index contributed by atoms with van der Waals surface area (Å²) in [5.74, 6) is 0.692. The summed E-state index contributed by atoms with van der Waals surface area (Å²) in [4.78, 5) is 2.44. The summed E-state index contributed by atoms with van der Waals surface area (Å²) in [6.07, 6.45) is 2.52. The molecule has 3 rings (SSSR count). The maximum absolute atomic E-state index is 6.18. The fourth-order valence-corrected chi connectivity index (χ4v) is 2.44. The van der Waals surface area contributed by atoms with Crippen LogP contribution in [0.1, 0.15) is 12.8 Å².